The van der Waals surface area contributed by atoms with Crippen molar-refractivity contribution in [1.29, 1.82) is 0 Å². The molecule has 0 atom stereocenters. The van der Waals surface area contributed by atoms with Crippen molar-refractivity contribution >= 4 is 11.6 Å². The fourth-order valence-corrected chi connectivity index (χ4v) is 0.886. The van der Waals surface area contributed by atoms with Crippen molar-refractivity contribution in [2.75, 3.05) is 0 Å². The Kier molecular flexibility index (Phi) is 3.76. The van der Waals surface area contributed by atoms with Gasteiger partial charge in [-0.15, -0.1) is 0 Å². The van der Waals surface area contributed by atoms with Crippen LogP contribution in [0.3, 0.4) is 0 Å². The van der Waals surface area contributed by atoms with E-state index in [1.54, 1.807) is 18.2 Å². The number of rotatable bonds is 3. The van der Waals surface area contributed by atoms with Gasteiger partial charge in [-0.25, -0.2) is 5.32 Å². The number of carbonyl (C=O) groups excluding carboxylic acids is 1. The van der Waals surface area contributed by atoms with Gasteiger partial charge in [0.25, 0.3) is 5.91 Å². The highest BCUT2D eigenvalue weighted by Crippen LogP contribution is 2.04. The van der Waals surface area contributed by atoms with Crippen LogP contribution >= 0.6 is 0 Å². The molecular weight excluding hydrogens is 162 g/mol. The summed E-state index contributed by atoms with van der Waals surface area (Å²) in [6.45, 7) is 1.98. The minimum atomic E-state index is -0.201. The molecule has 0 aliphatic heterocycles. The summed E-state index contributed by atoms with van der Waals surface area (Å²) < 4.78 is 0. The summed E-state index contributed by atoms with van der Waals surface area (Å²) in [6, 6.07) is 9.21. The summed E-state index contributed by atoms with van der Waals surface area (Å²) in [5, 5.41) is 3.87. The molecule has 0 N–H and O–H groups in total. The second-order valence-electron chi connectivity index (χ2n) is 2.60. The van der Waals surface area contributed by atoms with E-state index in [9.17, 15) is 4.79 Å². The molecule has 0 spiro atoms. The number of carbonyl (C=O) groups is 1. The van der Waals surface area contributed by atoms with Crippen molar-refractivity contribution in [3.8, 4) is 0 Å². The summed E-state index contributed by atoms with van der Waals surface area (Å²) >= 11 is 0. The quantitative estimate of drug-likeness (QED) is 0.647. The number of para-hydroxylation sites is 1. The van der Waals surface area contributed by atoms with Crippen LogP contribution in [0.5, 0.6) is 0 Å². The van der Waals surface area contributed by atoms with E-state index in [0.29, 0.717) is 5.69 Å². The molecule has 0 aliphatic carbocycles. The van der Waals surface area contributed by atoms with Crippen LogP contribution < -0.4 is 5.32 Å². The van der Waals surface area contributed by atoms with Gasteiger partial charge in [-0.05, 0) is 18.6 Å². The maximum atomic E-state index is 11.1. The molecule has 2 heteroatoms. The summed E-state index contributed by atoms with van der Waals surface area (Å²) in [7, 11) is 0. The third-order valence-electron chi connectivity index (χ3n) is 1.49. The first-order chi connectivity index (χ1) is 6.33. The Balaban J connectivity index is 2.50. The van der Waals surface area contributed by atoms with Crippen molar-refractivity contribution in [2.24, 2.45) is 0 Å². The Morgan fingerprint density at radius 3 is 2.69 bits per heavy atom. The predicted molar refractivity (Wildman–Crippen MR) is 52.7 cm³/mol. The first kappa shape index (κ1) is 9.52. The van der Waals surface area contributed by atoms with Crippen LogP contribution in [0.25, 0.3) is 0 Å². The minimum Gasteiger partial charge on any atom is -0.267 e. The van der Waals surface area contributed by atoms with Gasteiger partial charge in [0.15, 0.2) is 0 Å². The topological polar surface area (TPSA) is 31.2 Å². The molecule has 0 fully saturated rings. The molecule has 0 unspecified atom stereocenters. The van der Waals surface area contributed by atoms with Crippen molar-refractivity contribution in [2.45, 2.75) is 13.3 Å². The predicted octanol–water partition coefficient (Wildman–Crippen LogP) is 2.42. The molecule has 67 valence electrons. The lowest BCUT2D eigenvalue weighted by molar-refractivity contribution is -0.115. The maximum Gasteiger partial charge on any atom is 0.269 e. The highest BCUT2D eigenvalue weighted by molar-refractivity contribution is 5.90. The molecule has 0 heterocycles. The van der Waals surface area contributed by atoms with E-state index in [1.165, 1.54) is 6.08 Å². The molecule has 1 rings (SSSR count). The van der Waals surface area contributed by atoms with Gasteiger partial charge in [-0.2, -0.15) is 0 Å². The van der Waals surface area contributed by atoms with E-state index < -0.39 is 0 Å². The van der Waals surface area contributed by atoms with Gasteiger partial charge >= 0.3 is 0 Å². The molecule has 0 saturated heterocycles. The number of benzene rings is 1. The van der Waals surface area contributed by atoms with Crippen LogP contribution in [0.1, 0.15) is 13.3 Å². The first-order valence-electron chi connectivity index (χ1n) is 4.30. The largest absolute Gasteiger partial charge is 0.269 e. The van der Waals surface area contributed by atoms with Crippen LogP contribution in [0.2, 0.25) is 0 Å². The number of hydrogen-bond donors (Lipinski definition) is 0. The van der Waals surface area contributed by atoms with Gasteiger partial charge in [0, 0.05) is 6.08 Å². The molecule has 0 saturated carbocycles. The smallest absolute Gasteiger partial charge is 0.267 e. The van der Waals surface area contributed by atoms with E-state index in [-0.39, 0.29) is 5.91 Å². The number of hydrogen-bond acceptors (Lipinski definition) is 1. The summed E-state index contributed by atoms with van der Waals surface area (Å²) in [4.78, 5) is 11.1. The van der Waals surface area contributed by atoms with Gasteiger partial charge in [0.1, 0.15) is 0 Å². The fourth-order valence-electron chi connectivity index (χ4n) is 0.886. The average molecular weight is 174 g/mol. The second-order valence-corrected chi connectivity index (χ2v) is 2.60. The summed E-state index contributed by atoms with van der Waals surface area (Å²) in [6.07, 6.45) is 4.15. The van der Waals surface area contributed by atoms with Crippen LogP contribution in [-0.2, 0) is 4.79 Å². The maximum absolute atomic E-state index is 11.1. The van der Waals surface area contributed by atoms with Crippen LogP contribution in [0.15, 0.2) is 42.5 Å². The zero-order valence-corrected chi connectivity index (χ0v) is 7.60. The Morgan fingerprint density at radius 1 is 1.38 bits per heavy atom. The number of nitrogens with zero attached hydrogens (tertiary/aromatic N) is 1. The Bertz CT molecular complexity index is 290. The number of allylic oxidation sites excluding steroid dienone is 1. The lowest BCUT2D eigenvalue weighted by atomic mass is 10.3. The molecule has 1 radical (unpaired) electrons. The SMILES string of the molecule is CCC=CC(=O)[N]c1ccccc1. The van der Waals surface area contributed by atoms with Gasteiger partial charge in [-0.3, -0.25) is 4.79 Å². The van der Waals surface area contributed by atoms with E-state index >= 15 is 0 Å². The lowest BCUT2D eigenvalue weighted by Gasteiger charge is -1.95. The Hall–Kier alpha value is -1.57. The van der Waals surface area contributed by atoms with Gasteiger partial charge in [0.05, 0.1) is 5.69 Å². The van der Waals surface area contributed by atoms with Gasteiger partial charge < -0.3 is 0 Å². The Labute approximate surface area is 78.3 Å². The summed E-state index contributed by atoms with van der Waals surface area (Å²) in [5.41, 5.74) is 0.702. The molecule has 0 aliphatic rings. The molecule has 0 aromatic heterocycles. The zero-order valence-electron chi connectivity index (χ0n) is 7.60. The summed E-state index contributed by atoms with van der Waals surface area (Å²) in [5.74, 6) is -0.201. The van der Waals surface area contributed by atoms with Crippen molar-refractivity contribution in [1.82, 2.24) is 5.32 Å². The van der Waals surface area contributed by atoms with Crippen molar-refractivity contribution < 1.29 is 4.79 Å². The highest BCUT2D eigenvalue weighted by atomic mass is 16.1. The van der Waals surface area contributed by atoms with Crippen molar-refractivity contribution in [3.63, 3.8) is 0 Å². The first-order valence-corrected chi connectivity index (χ1v) is 4.30. The lowest BCUT2D eigenvalue weighted by Crippen LogP contribution is -2.05. The average Bonchev–Trinajstić information content (AvgIpc) is 2.16. The monoisotopic (exact) mass is 174 g/mol. The third kappa shape index (κ3) is 3.56. The fraction of sp³-hybridized carbons (Fsp3) is 0.182. The van der Waals surface area contributed by atoms with E-state index in [0.717, 1.165) is 6.42 Å². The van der Waals surface area contributed by atoms with Crippen LogP contribution in [0.4, 0.5) is 5.69 Å². The molecule has 13 heavy (non-hydrogen) atoms. The standard InChI is InChI=1S/C11H12NO/c1-2-3-9-11(13)12-10-7-5-4-6-8-10/h3-9H,2H2,1H3. The van der Waals surface area contributed by atoms with E-state index in [2.05, 4.69) is 5.32 Å². The minimum absolute atomic E-state index is 0.201. The molecule has 0 bridgehead atoms. The molecule has 1 amide bonds. The molecule has 1 aromatic carbocycles. The molecule has 2 nitrogen and oxygen atoms in total. The van der Waals surface area contributed by atoms with E-state index in [1.807, 2.05) is 25.1 Å². The van der Waals surface area contributed by atoms with Gasteiger partial charge in [-0.1, -0.05) is 31.2 Å². The second kappa shape index (κ2) is 5.14. The number of amides is 1. The molecule has 1 aromatic rings. The van der Waals surface area contributed by atoms with Crippen molar-refractivity contribution in [3.05, 3.63) is 42.5 Å². The van der Waals surface area contributed by atoms with Gasteiger partial charge in [0.2, 0.25) is 0 Å². The van der Waals surface area contributed by atoms with E-state index in [4.69, 9.17) is 0 Å². The third-order valence-corrected chi connectivity index (χ3v) is 1.49. The highest BCUT2D eigenvalue weighted by Gasteiger charge is 1.97. The molecular formula is C11H12NO. The normalized spacial score (nSPS) is 10.2. The Morgan fingerprint density at radius 2 is 2.08 bits per heavy atom. The van der Waals surface area contributed by atoms with Crippen LogP contribution in [0, 0.1) is 0 Å². The zero-order chi connectivity index (χ0) is 9.52. The van der Waals surface area contributed by atoms with Crippen LogP contribution in [-0.4, -0.2) is 5.91 Å².